The number of carbonyl (C=O) groups is 2. The van der Waals surface area contributed by atoms with Crippen LogP contribution in [0.15, 0.2) is 60.9 Å². The number of halogens is 3. The van der Waals surface area contributed by atoms with Crippen molar-refractivity contribution >= 4 is 17.6 Å². The highest BCUT2D eigenvalue weighted by Crippen LogP contribution is 2.40. The number of alkyl halides is 3. The van der Waals surface area contributed by atoms with Gasteiger partial charge in [0.05, 0.1) is 18.5 Å². The maximum absolute atomic E-state index is 13.2. The average Bonchev–Trinajstić information content (AvgIpc) is 3.61. The van der Waals surface area contributed by atoms with E-state index in [2.05, 4.69) is 15.4 Å². The van der Waals surface area contributed by atoms with Crippen LogP contribution >= 0.6 is 0 Å². The number of anilines is 1. The first-order valence-corrected chi connectivity index (χ1v) is 13.6. The van der Waals surface area contributed by atoms with Gasteiger partial charge in [-0.3, -0.25) is 14.3 Å². The quantitative estimate of drug-likeness (QED) is 0.407. The third-order valence-electron chi connectivity index (χ3n) is 7.69. The first-order chi connectivity index (χ1) is 19.3. The molecule has 3 aromatic rings. The minimum atomic E-state index is -4.20. The van der Waals surface area contributed by atoms with E-state index in [-0.39, 0.29) is 61.6 Å². The van der Waals surface area contributed by atoms with E-state index in [9.17, 15) is 22.8 Å². The number of amides is 2. The van der Waals surface area contributed by atoms with Crippen LogP contribution < -0.4 is 10.1 Å². The second kappa shape index (κ2) is 12.1. The molecule has 11 heteroatoms. The lowest BCUT2D eigenvalue weighted by atomic mass is 9.81. The lowest BCUT2D eigenvalue weighted by molar-refractivity contribution is -0.185. The molecule has 1 aromatic carbocycles. The zero-order valence-electron chi connectivity index (χ0n) is 22.0. The summed E-state index contributed by atoms with van der Waals surface area (Å²) in [4.78, 5) is 32.2. The Morgan fingerprint density at radius 3 is 2.52 bits per heavy atom. The predicted octanol–water partition coefficient (Wildman–Crippen LogP) is 5.32. The molecule has 1 atom stereocenters. The third-order valence-corrected chi connectivity index (χ3v) is 7.69. The van der Waals surface area contributed by atoms with Crippen LogP contribution in [0.2, 0.25) is 0 Å². The lowest BCUT2D eigenvalue weighted by Crippen LogP contribution is -2.44. The predicted molar refractivity (Wildman–Crippen MR) is 142 cm³/mol. The zero-order valence-corrected chi connectivity index (χ0v) is 22.0. The molecular formula is C29H32F3N5O3. The van der Waals surface area contributed by atoms with E-state index in [1.807, 2.05) is 30.3 Å². The van der Waals surface area contributed by atoms with Crippen LogP contribution in [0.3, 0.4) is 0 Å². The summed E-state index contributed by atoms with van der Waals surface area (Å²) in [6.07, 6.45) is 1.09. The first kappa shape index (κ1) is 27.7. The molecule has 40 heavy (non-hydrogen) atoms. The van der Waals surface area contributed by atoms with Crippen molar-refractivity contribution in [3.63, 3.8) is 0 Å². The maximum atomic E-state index is 13.2. The molecule has 1 aliphatic carbocycles. The Morgan fingerprint density at radius 1 is 1.00 bits per heavy atom. The fraction of sp³-hybridized carbons (Fsp3) is 0.448. The molecule has 8 nitrogen and oxygen atoms in total. The van der Waals surface area contributed by atoms with E-state index in [0.29, 0.717) is 18.9 Å². The van der Waals surface area contributed by atoms with Gasteiger partial charge in [0.1, 0.15) is 6.61 Å². The van der Waals surface area contributed by atoms with Gasteiger partial charge in [-0.25, -0.2) is 4.98 Å². The minimum absolute atomic E-state index is 0.00638. The summed E-state index contributed by atoms with van der Waals surface area (Å²) in [6.45, 7) is 1.29. The standard InChI is InChI=1S/C29H32F3N5O3/c30-29(31,32)22-12-10-21(11-13-22)28(39)37-16-5-8-23(37)19-40-24-9-4-15-33-26(24)27(38)34-25-14-17-36(35-25)18-20-6-2-1-3-7-20/h1-4,6-7,9,14-15,17,21-23H,5,8,10-13,16,18-19H2,(H,34,35,38). The molecule has 0 bridgehead atoms. The summed E-state index contributed by atoms with van der Waals surface area (Å²) in [5.74, 6) is -1.61. The largest absolute Gasteiger partial charge is 0.489 e. The first-order valence-electron chi connectivity index (χ1n) is 13.6. The van der Waals surface area contributed by atoms with Crippen LogP contribution in [-0.4, -0.2) is 56.8 Å². The van der Waals surface area contributed by atoms with E-state index < -0.39 is 18.0 Å². The van der Waals surface area contributed by atoms with Crippen LogP contribution in [0.5, 0.6) is 5.75 Å². The summed E-state index contributed by atoms with van der Waals surface area (Å²) in [5.41, 5.74) is 1.18. The third kappa shape index (κ3) is 6.63. The highest BCUT2D eigenvalue weighted by molar-refractivity contribution is 6.04. The van der Waals surface area contributed by atoms with Gasteiger partial charge in [0.25, 0.3) is 5.91 Å². The second-order valence-corrected chi connectivity index (χ2v) is 10.4. The number of aromatic nitrogens is 3. The molecule has 1 aliphatic heterocycles. The lowest BCUT2D eigenvalue weighted by Gasteiger charge is -2.33. The smallest absolute Gasteiger partial charge is 0.391 e. The van der Waals surface area contributed by atoms with Crippen LogP contribution in [0.25, 0.3) is 0 Å². The molecule has 1 saturated carbocycles. The Kier molecular flexibility index (Phi) is 8.37. The Balaban J connectivity index is 1.17. The summed E-state index contributed by atoms with van der Waals surface area (Å²) in [6, 6.07) is 14.6. The monoisotopic (exact) mass is 555 g/mol. The number of nitrogens with zero attached hydrogens (tertiary/aromatic N) is 4. The molecule has 2 aromatic heterocycles. The van der Waals surface area contributed by atoms with Crippen molar-refractivity contribution in [1.29, 1.82) is 0 Å². The Morgan fingerprint density at radius 2 is 1.77 bits per heavy atom. The number of carbonyl (C=O) groups excluding carboxylic acids is 2. The molecule has 2 fully saturated rings. The van der Waals surface area contributed by atoms with Gasteiger partial charge in [0.2, 0.25) is 5.91 Å². The zero-order chi connectivity index (χ0) is 28.1. The van der Waals surface area contributed by atoms with Crippen LogP contribution in [-0.2, 0) is 11.3 Å². The van der Waals surface area contributed by atoms with Gasteiger partial charge < -0.3 is 15.0 Å². The molecule has 2 aliphatic rings. The van der Waals surface area contributed by atoms with Crippen molar-refractivity contribution in [1.82, 2.24) is 19.7 Å². The number of rotatable bonds is 8. The summed E-state index contributed by atoms with van der Waals surface area (Å²) < 4.78 is 46.8. The average molecular weight is 556 g/mol. The molecule has 1 unspecified atom stereocenters. The summed E-state index contributed by atoms with van der Waals surface area (Å²) in [5, 5.41) is 7.17. The fourth-order valence-electron chi connectivity index (χ4n) is 5.53. The van der Waals surface area contributed by atoms with Gasteiger partial charge in [0, 0.05) is 30.9 Å². The van der Waals surface area contributed by atoms with E-state index >= 15 is 0 Å². The number of ether oxygens (including phenoxy) is 1. The molecule has 5 rings (SSSR count). The normalized spacial score (nSPS) is 21.3. The second-order valence-electron chi connectivity index (χ2n) is 10.4. The highest BCUT2D eigenvalue weighted by atomic mass is 19.4. The van der Waals surface area contributed by atoms with Gasteiger partial charge >= 0.3 is 6.18 Å². The summed E-state index contributed by atoms with van der Waals surface area (Å²) >= 11 is 0. The molecule has 1 N–H and O–H groups in total. The van der Waals surface area contributed by atoms with Crippen molar-refractivity contribution < 1.29 is 27.5 Å². The van der Waals surface area contributed by atoms with Gasteiger partial charge in [0.15, 0.2) is 17.3 Å². The molecule has 212 valence electrons. The van der Waals surface area contributed by atoms with E-state index in [1.54, 1.807) is 34.0 Å². The molecule has 0 radical (unpaired) electrons. The van der Waals surface area contributed by atoms with Crippen LogP contribution in [0.1, 0.15) is 54.6 Å². The highest BCUT2D eigenvalue weighted by Gasteiger charge is 2.44. The number of nitrogens with one attached hydrogen (secondary N) is 1. The Labute approximate surface area is 230 Å². The van der Waals surface area contributed by atoms with Crippen molar-refractivity contribution in [2.45, 2.75) is 57.3 Å². The molecular weight excluding hydrogens is 523 g/mol. The number of likely N-dealkylation sites (tertiary alicyclic amines) is 1. The minimum Gasteiger partial charge on any atom is -0.489 e. The fourth-order valence-corrected chi connectivity index (χ4v) is 5.53. The number of hydrogen-bond acceptors (Lipinski definition) is 5. The van der Waals surface area contributed by atoms with Crippen LogP contribution in [0.4, 0.5) is 19.0 Å². The van der Waals surface area contributed by atoms with E-state index in [1.165, 1.54) is 6.20 Å². The van der Waals surface area contributed by atoms with Gasteiger partial charge in [-0.05, 0) is 56.2 Å². The van der Waals surface area contributed by atoms with Gasteiger partial charge in [-0.1, -0.05) is 30.3 Å². The molecule has 2 amide bonds. The topological polar surface area (TPSA) is 89.3 Å². The van der Waals surface area contributed by atoms with E-state index in [0.717, 1.165) is 18.4 Å². The van der Waals surface area contributed by atoms with Crippen molar-refractivity contribution in [2.75, 3.05) is 18.5 Å². The van der Waals surface area contributed by atoms with Crippen LogP contribution in [0, 0.1) is 11.8 Å². The number of hydrogen-bond donors (Lipinski definition) is 1. The molecule has 0 spiro atoms. The Bertz CT molecular complexity index is 1310. The number of pyridine rings is 1. The van der Waals surface area contributed by atoms with Crippen molar-refractivity contribution in [3.8, 4) is 5.75 Å². The SMILES string of the molecule is O=C(Nc1ccn(Cc2ccccc2)n1)c1ncccc1OCC1CCCN1C(=O)C1CCC(C(F)(F)F)CC1. The van der Waals surface area contributed by atoms with Crippen molar-refractivity contribution in [3.05, 3.63) is 72.2 Å². The number of benzene rings is 1. The Hall–Kier alpha value is -3.89. The van der Waals surface area contributed by atoms with E-state index in [4.69, 9.17) is 4.74 Å². The molecule has 1 saturated heterocycles. The summed E-state index contributed by atoms with van der Waals surface area (Å²) in [7, 11) is 0. The molecule has 3 heterocycles. The van der Waals surface area contributed by atoms with Gasteiger partial charge in [-0.2, -0.15) is 18.3 Å². The van der Waals surface area contributed by atoms with Crippen molar-refractivity contribution in [2.24, 2.45) is 11.8 Å². The maximum Gasteiger partial charge on any atom is 0.391 e. The van der Waals surface area contributed by atoms with Gasteiger partial charge in [-0.15, -0.1) is 0 Å².